The van der Waals surface area contributed by atoms with E-state index in [2.05, 4.69) is 34.5 Å². The van der Waals surface area contributed by atoms with Crippen LogP contribution in [0.25, 0.3) is 0 Å². The van der Waals surface area contributed by atoms with Gasteiger partial charge in [0, 0.05) is 45.9 Å². The number of nitrogens with zero attached hydrogens (tertiary/aromatic N) is 2. The maximum Gasteiger partial charge on any atom is 0.191 e. The quantitative estimate of drug-likeness (QED) is 0.349. The molecule has 1 aliphatic carbocycles. The summed E-state index contributed by atoms with van der Waals surface area (Å²) in [5.74, 6) is 0.897. The Balaban J connectivity index is 2.00. The van der Waals surface area contributed by atoms with Crippen LogP contribution >= 0.6 is 0 Å². The lowest BCUT2D eigenvalue weighted by molar-refractivity contribution is 0.129. The Labute approximate surface area is 136 Å². The Morgan fingerprint density at radius 1 is 1.14 bits per heavy atom. The van der Waals surface area contributed by atoms with Crippen molar-refractivity contribution in [3.8, 4) is 0 Å². The number of unbranched alkanes of at least 4 members (excludes halogenated alkanes) is 1. The van der Waals surface area contributed by atoms with Gasteiger partial charge in [-0.15, -0.1) is 0 Å². The zero-order valence-electron chi connectivity index (χ0n) is 14.9. The highest BCUT2D eigenvalue weighted by atomic mass is 16.5. The van der Waals surface area contributed by atoms with E-state index in [1.54, 1.807) is 0 Å². The zero-order valence-corrected chi connectivity index (χ0v) is 14.9. The largest absolute Gasteiger partial charge is 0.381 e. The monoisotopic (exact) mass is 312 g/mol. The molecule has 0 spiro atoms. The maximum absolute atomic E-state index is 5.55. The first-order valence-electron chi connectivity index (χ1n) is 9.00. The van der Waals surface area contributed by atoms with E-state index in [1.165, 1.54) is 32.1 Å². The lowest BCUT2D eigenvalue weighted by Crippen LogP contribution is -2.42. The van der Waals surface area contributed by atoms with Crippen LogP contribution in [0.5, 0.6) is 0 Å². The summed E-state index contributed by atoms with van der Waals surface area (Å²) in [6.45, 7) is 6.82. The van der Waals surface area contributed by atoms with Crippen molar-refractivity contribution >= 4 is 5.96 Å². The Hall–Kier alpha value is -0.810. The molecule has 0 amide bonds. The maximum atomic E-state index is 5.55. The third-order valence-corrected chi connectivity index (χ3v) is 4.33. The van der Waals surface area contributed by atoms with Crippen molar-refractivity contribution in [3.05, 3.63) is 0 Å². The Morgan fingerprint density at radius 3 is 2.50 bits per heavy atom. The number of likely N-dealkylation sites (N-methyl/N-ethyl adjacent to an activating group) is 1. The summed E-state index contributed by atoms with van der Waals surface area (Å²) in [5.41, 5.74) is 0. The van der Waals surface area contributed by atoms with Crippen molar-refractivity contribution in [2.45, 2.75) is 57.9 Å². The van der Waals surface area contributed by atoms with Gasteiger partial charge in [0.15, 0.2) is 5.96 Å². The highest BCUT2D eigenvalue weighted by molar-refractivity contribution is 5.79. The highest BCUT2D eigenvalue weighted by Crippen LogP contribution is 2.21. The van der Waals surface area contributed by atoms with Crippen LogP contribution in [0, 0.1) is 0 Å². The smallest absolute Gasteiger partial charge is 0.191 e. The molecule has 1 rings (SSSR count). The molecular formula is C17H36N4O. The van der Waals surface area contributed by atoms with E-state index in [1.807, 2.05) is 7.05 Å². The molecule has 22 heavy (non-hydrogen) atoms. The van der Waals surface area contributed by atoms with E-state index < -0.39 is 0 Å². The van der Waals surface area contributed by atoms with Gasteiger partial charge in [-0.1, -0.05) is 26.2 Å². The summed E-state index contributed by atoms with van der Waals surface area (Å²) in [7, 11) is 4.06. The topological polar surface area (TPSA) is 48.9 Å². The van der Waals surface area contributed by atoms with Crippen LogP contribution in [0.3, 0.4) is 0 Å². The molecule has 0 aromatic carbocycles. The normalized spacial score (nSPS) is 16.5. The molecule has 0 atom stereocenters. The molecule has 0 saturated heterocycles. The third kappa shape index (κ3) is 8.59. The van der Waals surface area contributed by atoms with Gasteiger partial charge in [0.2, 0.25) is 0 Å². The molecule has 0 heterocycles. The van der Waals surface area contributed by atoms with Crippen LogP contribution in [-0.4, -0.2) is 63.8 Å². The van der Waals surface area contributed by atoms with Crippen molar-refractivity contribution in [1.29, 1.82) is 0 Å². The van der Waals surface area contributed by atoms with Gasteiger partial charge in [0.05, 0.1) is 0 Å². The molecule has 0 aliphatic heterocycles. The van der Waals surface area contributed by atoms with Crippen LogP contribution in [0.4, 0.5) is 0 Å². The fourth-order valence-corrected chi connectivity index (χ4v) is 2.83. The average molecular weight is 313 g/mol. The molecule has 1 aliphatic rings. The summed E-state index contributed by atoms with van der Waals surface area (Å²) < 4.78 is 5.55. The molecule has 1 fully saturated rings. The second-order valence-corrected chi connectivity index (χ2v) is 6.16. The number of rotatable bonds is 11. The van der Waals surface area contributed by atoms with Gasteiger partial charge in [-0.25, -0.2) is 0 Å². The van der Waals surface area contributed by atoms with Crippen molar-refractivity contribution in [1.82, 2.24) is 15.5 Å². The Kier molecular flexibility index (Phi) is 11.1. The van der Waals surface area contributed by atoms with Gasteiger partial charge in [0.1, 0.15) is 0 Å². The highest BCUT2D eigenvalue weighted by Gasteiger charge is 2.18. The minimum Gasteiger partial charge on any atom is -0.381 e. The number of ether oxygens (including phenoxy) is 1. The van der Waals surface area contributed by atoms with Crippen LogP contribution < -0.4 is 10.6 Å². The van der Waals surface area contributed by atoms with E-state index in [0.717, 1.165) is 57.7 Å². The first kappa shape index (κ1) is 19.2. The molecule has 0 bridgehead atoms. The average Bonchev–Trinajstić information content (AvgIpc) is 3.06. The van der Waals surface area contributed by atoms with Gasteiger partial charge in [0.25, 0.3) is 0 Å². The van der Waals surface area contributed by atoms with Crippen LogP contribution in [0.2, 0.25) is 0 Å². The molecule has 0 radical (unpaired) electrons. The second-order valence-electron chi connectivity index (χ2n) is 6.16. The summed E-state index contributed by atoms with van der Waals surface area (Å²) in [6, 6.07) is 0.789. The lowest BCUT2D eigenvalue weighted by atomic mass is 10.2. The molecule has 0 aromatic heterocycles. The number of nitrogens with one attached hydrogen (secondary N) is 2. The molecule has 0 aromatic rings. The first-order valence-corrected chi connectivity index (χ1v) is 9.00. The molecular weight excluding hydrogens is 276 g/mol. The summed E-state index contributed by atoms with van der Waals surface area (Å²) in [5, 5.41) is 6.74. The van der Waals surface area contributed by atoms with Gasteiger partial charge in [-0.05, 0) is 32.7 Å². The fraction of sp³-hybridized carbons (Fsp3) is 0.941. The fourth-order valence-electron chi connectivity index (χ4n) is 2.83. The molecule has 1 saturated carbocycles. The standard InChI is InChI=1S/C17H36N4O/c1-4-5-14-22-15-8-11-19-17(18-2)20-12-13-21(3)16-9-6-7-10-16/h16H,4-15H2,1-3H3,(H2,18,19,20). The van der Waals surface area contributed by atoms with Crippen molar-refractivity contribution in [2.75, 3.05) is 46.9 Å². The SMILES string of the molecule is CCCCOCCCNC(=NC)NCCN(C)C1CCCC1. The second kappa shape index (κ2) is 12.7. The van der Waals surface area contributed by atoms with Crippen LogP contribution in [0.1, 0.15) is 51.9 Å². The lowest BCUT2D eigenvalue weighted by Gasteiger charge is -2.24. The van der Waals surface area contributed by atoms with Gasteiger partial charge >= 0.3 is 0 Å². The zero-order chi connectivity index (χ0) is 16.0. The van der Waals surface area contributed by atoms with E-state index in [0.29, 0.717) is 0 Å². The number of hydrogen-bond acceptors (Lipinski definition) is 3. The number of guanidine groups is 1. The minimum absolute atomic E-state index is 0.789. The first-order chi connectivity index (χ1) is 10.8. The van der Waals surface area contributed by atoms with Gasteiger partial charge < -0.3 is 20.3 Å². The molecule has 5 nitrogen and oxygen atoms in total. The molecule has 5 heteroatoms. The van der Waals surface area contributed by atoms with Crippen LogP contribution in [0.15, 0.2) is 4.99 Å². The van der Waals surface area contributed by atoms with Gasteiger partial charge in [-0.3, -0.25) is 4.99 Å². The number of aliphatic imine (C=N–C) groups is 1. The van der Waals surface area contributed by atoms with Crippen molar-refractivity contribution in [2.24, 2.45) is 4.99 Å². The van der Waals surface area contributed by atoms with Crippen LogP contribution in [-0.2, 0) is 4.74 Å². The summed E-state index contributed by atoms with van der Waals surface area (Å²) in [4.78, 5) is 6.75. The third-order valence-electron chi connectivity index (χ3n) is 4.33. The van der Waals surface area contributed by atoms with E-state index in [9.17, 15) is 0 Å². The Morgan fingerprint density at radius 2 is 1.82 bits per heavy atom. The van der Waals surface area contributed by atoms with Gasteiger partial charge in [-0.2, -0.15) is 0 Å². The number of hydrogen-bond donors (Lipinski definition) is 2. The Bertz CT molecular complexity index is 290. The summed E-state index contributed by atoms with van der Waals surface area (Å²) >= 11 is 0. The predicted octanol–water partition coefficient (Wildman–Crippen LogP) is 2.23. The molecule has 2 N–H and O–H groups in total. The van der Waals surface area contributed by atoms with E-state index in [-0.39, 0.29) is 0 Å². The van der Waals surface area contributed by atoms with E-state index >= 15 is 0 Å². The predicted molar refractivity (Wildman–Crippen MR) is 94.6 cm³/mol. The van der Waals surface area contributed by atoms with E-state index in [4.69, 9.17) is 4.74 Å². The molecule has 130 valence electrons. The van der Waals surface area contributed by atoms with Crippen molar-refractivity contribution < 1.29 is 4.74 Å². The van der Waals surface area contributed by atoms with Crippen molar-refractivity contribution in [3.63, 3.8) is 0 Å². The minimum atomic E-state index is 0.789. The molecule has 0 unspecified atom stereocenters. The summed E-state index contributed by atoms with van der Waals surface area (Å²) in [6.07, 6.45) is 8.89.